The van der Waals surface area contributed by atoms with Gasteiger partial charge in [-0.3, -0.25) is 9.69 Å². The van der Waals surface area contributed by atoms with Crippen LogP contribution >= 0.6 is 51.1 Å². The highest BCUT2D eigenvalue weighted by atomic mass is 79.9. The average molecular weight is 557 g/mol. The first-order valence-corrected chi connectivity index (χ1v) is 13.2. The summed E-state index contributed by atoms with van der Waals surface area (Å²) in [7, 11) is 0. The van der Waals surface area contributed by atoms with Gasteiger partial charge in [0.2, 0.25) is 0 Å². The van der Waals surface area contributed by atoms with E-state index in [0.717, 1.165) is 43.6 Å². The Kier molecular flexibility index (Phi) is 6.31. The zero-order valence-corrected chi connectivity index (χ0v) is 21.9. The molecule has 4 nitrogen and oxygen atoms in total. The first kappa shape index (κ1) is 22.6. The van der Waals surface area contributed by atoms with Crippen LogP contribution in [0.4, 0.5) is 17.1 Å². The molecule has 8 heteroatoms. The predicted molar refractivity (Wildman–Crippen MR) is 145 cm³/mol. The first-order chi connectivity index (χ1) is 15.9. The number of benzene rings is 3. The van der Waals surface area contributed by atoms with Crippen molar-refractivity contribution in [3.8, 4) is 0 Å². The minimum Gasteiger partial charge on any atom is -0.334 e. The van der Waals surface area contributed by atoms with E-state index < -0.39 is 0 Å². The molecule has 0 saturated carbocycles. The number of hydrogen-bond donors (Lipinski definition) is 0. The Bertz CT molecular complexity index is 1320. The summed E-state index contributed by atoms with van der Waals surface area (Å²) in [6.07, 6.45) is 0. The number of hydrogen-bond acceptors (Lipinski definition) is 5. The fraction of sp³-hybridized carbons (Fsp3) is 0.120. The van der Waals surface area contributed by atoms with Crippen molar-refractivity contribution < 1.29 is 4.79 Å². The smallest absolute Gasteiger partial charge is 0.274 e. The van der Waals surface area contributed by atoms with Crippen molar-refractivity contribution in [3.05, 3.63) is 91.7 Å². The van der Waals surface area contributed by atoms with E-state index >= 15 is 0 Å². The van der Waals surface area contributed by atoms with Crippen LogP contribution in [-0.2, 0) is 4.79 Å². The molecule has 1 amide bonds. The molecule has 0 bridgehead atoms. The summed E-state index contributed by atoms with van der Waals surface area (Å²) in [5, 5.41) is 2.24. The highest BCUT2D eigenvalue weighted by molar-refractivity contribution is 9.10. The van der Waals surface area contributed by atoms with Gasteiger partial charge >= 0.3 is 0 Å². The monoisotopic (exact) mass is 555 g/mol. The summed E-state index contributed by atoms with van der Waals surface area (Å²) >= 11 is 12.8. The normalized spacial score (nSPS) is 19.0. The minimum atomic E-state index is -0.0682. The van der Waals surface area contributed by atoms with Crippen LogP contribution in [0.2, 0.25) is 5.02 Å². The fourth-order valence-electron chi connectivity index (χ4n) is 3.74. The Labute approximate surface area is 214 Å². The van der Waals surface area contributed by atoms with Crippen molar-refractivity contribution in [1.29, 1.82) is 0 Å². The number of nitrogens with zero attached hydrogens (tertiary/aromatic N) is 3. The number of rotatable bonds is 3. The Morgan fingerprint density at radius 1 is 1.03 bits per heavy atom. The van der Waals surface area contributed by atoms with Gasteiger partial charge in [0, 0.05) is 20.9 Å². The van der Waals surface area contributed by atoms with E-state index in [4.69, 9.17) is 16.6 Å². The third-order valence-electron chi connectivity index (χ3n) is 5.27. The van der Waals surface area contributed by atoms with Crippen LogP contribution in [0.25, 0.3) is 0 Å². The van der Waals surface area contributed by atoms with Crippen LogP contribution in [0.1, 0.15) is 12.5 Å². The van der Waals surface area contributed by atoms with Gasteiger partial charge in [-0.2, -0.15) is 0 Å². The van der Waals surface area contributed by atoms with Gasteiger partial charge in [0.15, 0.2) is 5.17 Å². The van der Waals surface area contributed by atoms with Crippen molar-refractivity contribution in [1.82, 2.24) is 0 Å². The van der Waals surface area contributed by atoms with Gasteiger partial charge in [-0.1, -0.05) is 51.4 Å². The number of aliphatic imine (C=N–C) groups is 1. The number of amides is 1. The van der Waals surface area contributed by atoms with E-state index in [9.17, 15) is 4.79 Å². The molecule has 2 aliphatic heterocycles. The third-order valence-corrected chi connectivity index (χ3v) is 8.37. The maximum absolute atomic E-state index is 13.8. The lowest BCUT2D eigenvalue weighted by Gasteiger charge is -2.19. The van der Waals surface area contributed by atoms with Gasteiger partial charge in [-0.15, -0.1) is 0 Å². The number of anilines is 2. The fourth-order valence-corrected chi connectivity index (χ4v) is 6.54. The lowest BCUT2D eigenvalue weighted by molar-refractivity contribution is -0.113. The largest absolute Gasteiger partial charge is 0.334 e. The molecular formula is C25H19BrClN3OS2. The van der Waals surface area contributed by atoms with E-state index in [0.29, 0.717) is 15.1 Å². The van der Waals surface area contributed by atoms with Gasteiger partial charge in [-0.25, -0.2) is 4.99 Å². The lowest BCUT2D eigenvalue weighted by Crippen LogP contribution is -2.29. The zero-order valence-electron chi connectivity index (χ0n) is 17.9. The molecule has 0 N–H and O–H groups in total. The lowest BCUT2D eigenvalue weighted by atomic mass is 10.2. The van der Waals surface area contributed by atoms with E-state index in [-0.39, 0.29) is 5.91 Å². The Balaban J connectivity index is 1.63. The Morgan fingerprint density at radius 2 is 1.82 bits per heavy atom. The molecule has 3 aromatic carbocycles. The van der Waals surface area contributed by atoms with Crippen molar-refractivity contribution in [3.63, 3.8) is 0 Å². The molecule has 0 aliphatic carbocycles. The van der Waals surface area contributed by atoms with Gasteiger partial charge in [-0.05, 0) is 85.8 Å². The highest BCUT2D eigenvalue weighted by Crippen LogP contribution is 2.51. The van der Waals surface area contributed by atoms with Crippen molar-refractivity contribution in [2.45, 2.75) is 18.7 Å². The average Bonchev–Trinajstić information content (AvgIpc) is 3.31. The number of carbonyl (C=O) groups is 1. The quantitative estimate of drug-likeness (QED) is 0.306. The molecule has 0 unspecified atom stereocenters. The van der Waals surface area contributed by atoms with Gasteiger partial charge in [0.25, 0.3) is 5.91 Å². The van der Waals surface area contributed by atoms with E-state index in [1.807, 2.05) is 73.7 Å². The van der Waals surface area contributed by atoms with Crippen LogP contribution in [-0.4, -0.2) is 17.6 Å². The van der Waals surface area contributed by atoms with Crippen LogP contribution in [0.3, 0.4) is 0 Å². The molecule has 0 atom stereocenters. The van der Waals surface area contributed by atoms with Crippen LogP contribution < -0.4 is 9.80 Å². The van der Waals surface area contributed by atoms with E-state index in [1.165, 1.54) is 11.8 Å². The van der Waals surface area contributed by atoms with Crippen molar-refractivity contribution in [2.24, 2.45) is 4.99 Å². The zero-order chi connectivity index (χ0) is 23.1. The summed E-state index contributed by atoms with van der Waals surface area (Å²) in [6.45, 7) is 4.83. The van der Waals surface area contributed by atoms with E-state index in [1.54, 1.807) is 16.7 Å². The number of amidine groups is 1. The number of fused-ring (bicyclic) bond motifs is 1. The standard InChI is InChI=1S/C25H19BrClN3OS2/c1-3-29-20-14-17(27)9-12-21(20)32-24(29)22-23(31)30(19-6-4-5-15(2)13-19)25(33-22)28-18-10-7-16(26)8-11-18/h4-14H,3H2,1-2H3/b24-22-,28-25?. The molecule has 2 aliphatic rings. The van der Waals surface area contributed by atoms with Crippen LogP contribution in [0.15, 0.2) is 91.0 Å². The maximum atomic E-state index is 13.8. The molecule has 0 radical (unpaired) electrons. The predicted octanol–water partition coefficient (Wildman–Crippen LogP) is 7.98. The number of aryl methyl sites for hydroxylation is 1. The summed E-state index contributed by atoms with van der Waals surface area (Å²) in [6, 6.07) is 21.6. The molecule has 0 spiro atoms. The SMILES string of the molecule is CCN1/C(=C2/SC(=Nc3ccc(Br)cc3)N(c3cccc(C)c3)C2=O)Sc2ccc(Cl)cc21. The second-order valence-corrected chi connectivity index (χ2v) is 10.9. The molecular weight excluding hydrogens is 538 g/mol. The first-order valence-electron chi connectivity index (χ1n) is 10.4. The van der Waals surface area contributed by atoms with Crippen LogP contribution in [0, 0.1) is 6.92 Å². The molecule has 1 saturated heterocycles. The summed E-state index contributed by atoms with van der Waals surface area (Å²) < 4.78 is 0.984. The third kappa shape index (κ3) is 4.35. The van der Waals surface area contributed by atoms with Gasteiger partial charge in [0.1, 0.15) is 9.93 Å². The highest BCUT2D eigenvalue weighted by Gasteiger charge is 2.40. The topological polar surface area (TPSA) is 35.9 Å². The Hall–Kier alpha value is -2.19. The molecule has 2 heterocycles. The van der Waals surface area contributed by atoms with E-state index in [2.05, 4.69) is 27.8 Å². The van der Waals surface area contributed by atoms with Crippen LogP contribution in [0.5, 0.6) is 0 Å². The number of carbonyl (C=O) groups excluding carboxylic acids is 1. The molecule has 3 aromatic rings. The van der Waals surface area contributed by atoms with Crippen molar-refractivity contribution >= 4 is 79.2 Å². The summed E-state index contributed by atoms with van der Waals surface area (Å²) in [5.41, 5.74) is 3.72. The summed E-state index contributed by atoms with van der Waals surface area (Å²) in [4.78, 5) is 24.3. The van der Waals surface area contributed by atoms with Gasteiger partial charge < -0.3 is 4.90 Å². The number of halogens is 2. The second kappa shape index (κ2) is 9.22. The summed E-state index contributed by atoms with van der Waals surface area (Å²) in [5.74, 6) is -0.0682. The molecule has 5 rings (SSSR count). The van der Waals surface area contributed by atoms with Gasteiger partial charge in [0.05, 0.1) is 17.1 Å². The molecule has 0 aromatic heterocycles. The minimum absolute atomic E-state index is 0.0682. The van der Waals surface area contributed by atoms with Crippen molar-refractivity contribution in [2.75, 3.05) is 16.3 Å². The molecule has 1 fully saturated rings. The molecule has 33 heavy (non-hydrogen) atoms. The number of thioether (sulfide) groups is 2. The second-order valence-electron chi connectivity index (χ2n) is 7.55. The Morgan fingerprint density at radius 3 is 2.55 bits per heavy atom. The maximum Gasteiger partial charge on any atom is 0.274 e. The molecule has 166 valence electrons.